The molecule has 0 bridgehead atoms. The molecule has 0 fully saturated rings. The van der Waals surface area contributed by atoms with Gasteiger partial charge < -0.3 is 5.73 Å². The van der Waals surface area contributed by atoms with E-state index in [1.54, 1.807) is 6.20 Å². The third kappa shape index (κ3) is 2.68. The quantitative estimate of drug-likeness (QED) is 0.750. The fourth-order valence-electron chi connectivity index (χ4n) is 1.32. The van der Waals surface area contributed by atoms with E-state index in [0.717, 1.165) is 16.9 Å². The van der Waals surface area contributed by atoms with Gasteiger partial charge in [-0.15, -0.1) is 0 Å². The van der Waals surface area contributed by atoms with Crippen LogP contribution in [0.3, 0.4) is 0 Å². The first-order valence-corrected chi connectivity index (χ1v) is 4.79. The lowest BCUT2D eigenvalue weighted by molar-refractivity contribution is 1.30. The van der Waals surface area contributed by atoms with Crippen molar-refractivity contribution in [3.63, 3.8) is 0 Å². The zero-order valence-electron chi connectivity index (χ0n) is 8.30. The molecular weight excluding hydrogens is 184 g/mol. The second-order valence-corrected chi connectivity index (χ2v) is 3.26. The Balaban J connectivity index is 2.19. The maximum atomic E-state index is 5.68. The van der Waals surface area contributed by atoms with Crippen LogP contribution >= 0.6 is 0 Å². The summed E-state index contributed by atoms with van der Waals surface area (Å²) in [7, 11) is 0. The van der Waals surface area contributed by atoms with E-state index in [1.165, 1.54) is 0 Å². The van der Waals surface area contributed by atoms with Crippen molar-refractivity contribution in [3.8, 4) is 0 Å². The Kier molecular flexibility index (Phi) is 2.79. The van der Waals surface area contributed by atoms with Gasteiger partial charge in [0.2, 0.25) is 0 Å². The fraction of sp³-hybridized carbons (Fsp3) is 0. The van der Waals surface area contributed by atoms with Crippen molar-refractivity contribution in [2.75, 3.05) is 5.73 Å². The van der Waals surface area contributed by atoms with Crippen LogP contribution < -0.4 is 5.73 Å². The summed E-state index contributed by atoms with van der Waals surface area (Å²) in [5.41, 5.74) is 8.48. The van der Waals surface area contributed by atoms with E-state index >= 15 is 0 Å². The van der Waals surface area contributed by atoms with Crippen LogP contribution in [-0.2, 0) is 0 Å². The zero-order valence-corrected chi connectivity index (χ0v) is 8.30. The van der Waals surface area contributed by atoms with E-state index in [-0.39, 0.29) is 0 Å². The average molecular weight is 196 g/mol. The highest BCUT2D eigenvalue weighted by atomic mass is 14.6. The van der Waals surface area contributed by atoms with Crippen molar-refractivity contribution < 1.29 is 0 Å². The summed E-state index contributed by atoms with van der Waals surface area (Å²) in [6.45, 7) is 0. The normalized spacial score (nSPS) is 10.7. The number of nitrogens with zero attached hydrogens (tertiary/aromatic N) is 1. The summed E-state index contributed by atoms with van der Waals surface area (Å²) in [5, 5.41) is 0. The number of anilines is 1. The van der Waals surface area contributed by atoms with Gasteiger partial charge in [0.05, 0.1) is 5.69 Å². The Hall–Kier alpha value is -2.09. The van der Waals surface area contributed by atoms with Crippen LogP contribution in [0.4, 0.5) is 5.69 Å². The molecule has 0 atom stereocenters. The SMILES string of the molecule is Nc1cccc(/C=C/c2ccccn2)c1. The molecule has 0 amide bonds. The molecule has 0 unspecified atom stereocenters. The predicted molar refractivity (Wildman–Crippen MR) is 64.0 cm³/mol. The molecule has 1 aromatic carbocycles. The molecule has 0 aliphatic rings. The second kappa shape index (κ2) is 4.42. The van der Waals surface area contributed by atoms with Crippen LogP contribution in [-0.4, -0.2) is 4.98 Å². The highest BCUT2D eigenvalue weighted by Crippen LogP contribution is 2.09. The Morgan fingerprint density at radius 2 is 1.93 bits per heavy atom. The predicted octanol–water partition coefficient (Wildman–Crippen LogP) is 2.83. The highest BCUT2D eigenvalue weighted by molar-refractivity contribution is 5.69. The molecule has 2 aromatic rings. The molecule has 0 radical (unpaired) electrons. The third-order valence-corrected chi connectivity index (χ3v) is 2.04. The van der Waals surface area contributed by atoms with Gasteiger partial charge in [-0.25, -0.2) is 0 Å². The van der Waals surface area contributed by atoms with Crippen LogP contribution in [0.25, 0.3) is 12.2 Å². The van der Waals surface area contributed by atoms with E-state index in [2.05, 4.69) is 4.98 Å². The fourth-order valence-corrected chi connectivity index (χ4v) is 1.32. The number of hydrogen-bond acceptors (Lipinski definition) is 2. The molecule has 1 aromatic heterocycles. The van der Waals surface area contributed by atoms with Gasteiger partial charge in [-0.2, -0.15) is 0 Å². The van der Waals surface area contributed by atoms with Crippen molar-refractivity contribution in [1.82, 2.24) is 4.98 Å². The van der Waals surface area contributed by atoms with Gasteiger partial charge >= 0.3 is 0 Å². The average Bonchev–Trinajstić information content (AvgIpc) is 2.28. The van der Waals surface area contributed by atoms with Crippen LogP contribution in [0.1, 0.15) is 11.3 Å². The monoisotopic (exact) mass is 196 g/mol. The smallest absolute Gasteiger partial charge is 0.0629 e. The maximum absolute atomic E-state index is 5.68. The highest BCUT2D eigenvalue weighted by Gasteiger charge is 1.88. The number of aromatic nitrogens is 1. The second-order valence-electron chi connectivity index (χ2n) is 3.26. The lowest BCUT2D eigenvalue weighted by Gasteiger charge is -1.95. The number of nitrogen functional groups attached to an aromatic ring is 1. The van der Waals surface area contributed by atoms with Crippen molar-refractivity contribution in [3.05, 3.63) is 59.9 Å². The molecular formula is C13H12N2. The summed E-state index contributed by atoms with van der Waals surface area (Å²) >= 11 is 0. The third-order valence-electron chi connectivity index (χ3n) is 2.04. The summed E-state index contributed by atoms with van der Waals surface area (Å²) in [4.78, 5) is 4.20. The number of benzene rings is 1. The van der Waals surface area contributed by atoms with Crippen molar-refractivity contribution in [2.24, 2.45) is 0 Å². The molecule has 0 saturated heterocycles. The lowest BCUT2D eigenvalue weighted by atomic mass is 10.2. The zero-order chi connectivity index (χ0) is 10.5. The van der Waals surface area contributed by atoms with Gasteiger partial charge in [0.25, 0.3) is 0 Å². The van der Waals surface area contributed by atoms with Gasteiger partial charge in [-0.05, 0) is 35.9 Å². The van der Waals surface area contributed by atoms with Gasteiger partial charge in [0.1, 0.15) is 0 Å². The number of nitrogens with two attached hydrogens (primary N) is 1. The van der Waals surface area contributed by atoms with Crippen molar-refractivity contribution in [2.45, 2.75) is 0 Å². The Bertz CT molecular complexity index is 461. The lowest BCUT2D eigenvalue weighted by Crippen LogP contribution is -1.83. The summed E-state index contributed by atoms with van der Waals surface area (Å²) < 4.78 is 0. The van der Waals surface area contributed by atoms with E-state index < -0.39 is 0 Å². The van der Waals surface area contributed by atoms with E-state index in [1.807, 2.05) is 54.6 Å². The molecule has 2 nitrogen and oxygen atoms in total. The Labute approximate surface area is 89.1 Å². The maximum Gasteiger partial charge on any atom is 0.0629 e. The number of hydrogen-bond donors (Lipinski definition) is 1. The molecule has 2 N–H and O–H groups in total. The first-order chi connectivity index (χ1) is 7.34. The van der Waals surface area contributed by atoms with Crippen LogP contribution in [0, 0.1) is 0 Å². The van der Waals surface area contributed by atoms with Crippen LogP contribution in [0.5, 0.6) is 0 Å². The minimum atomic E-state index is 0.776. The van der Waals surface area contributed by atoms with E-state index in [4.69, 9.17) is 5.73 Å². The summed E-state index contributed by atoms with van der Waals surface area (Å²) in [6.07, 6.45) is 5.74. The van der Waals surface area contributed by atoms with Crippen molar-refractivity contribution in [1.29, 1.82) is 0 Å². The first-order valence-electron chi connectivity index (χ1n) is 4.79. The topological polar surface area (TPSA) is 38.9 Å². The van der Waals surface area contributed by atoms with Gasteiger partial charge in [0.15, 0.2) is 0 Å². The van der Waals surface area contributed by atoms with Gasteiger partial charge in [-0.3, -0.25) is 4.98 Å². The molecule has 0 saturated carbocycles. The molecule has 2 rings (SSSR count). The molecule has 2 heteroatoms. The summed E-state index contributed by atoms with van der Waals surface area (Å²) in [5.74, 6) is 0. The number of pyridine rings is 1. The van der Waals surface area contributed by atoms with Crippen molar-refractivity contribution >= 4 is 17.8 Å². The molecule has 74 valence electrons. The van der Waals surface area contributed by atoms with Crippen LogP contribution in [0.15, 0.2) is 48.7 Å². The minimum Gasteiger partial charge on any atom is -0.399 e. The van der Waals surface area contributed by atoms with E-state index in [9.17, 15) is 0 Å². The first kappa shape index (κ1) is 9.46. The van der Waals surface area contributed by atoms with E-state index in [0.29, 0.717) is 0 Å². The number of rotatable bonds is 2. The van der Waals surface area contributed by atoms with Gasteiger partial charge in [0, 0.05) is 11.9 Å². The minimum absolute atomic E-state index is 0.776. The standard InChI is InChI=1S/C13H12N2/c14-12-5-3-4-11(10-12)7-8-13-6-1-2-9-15-13/h1-10H,14H2/b8-7+. The summed E-state index contributed by atoms with van der Waals surface area (Å²) in [6, 6.07) is 13.6. The molecule has 0 aliphatic heterocycles. The molecule has 0 aliphatic carbocycles. The molecule has 1 heterocycles. The molecule has 0 spiro atoms. The van der Waals surface area contributed by atoms with Gasteiger partial charge in [-0.1, -0.05) is 24.3 Å². The molecule has 15 heavy (non-hydrogen) atoms. The largest absolute Gasteiger partial charge is 0.399 e. The Morgan fingerprint density at radius 1 is 1.00 bits per heavy atom. The Morgan fingerprint density at radius 3 is 2.67 bits per heavy atom. The van der Waals surface area contributed by atoms with Crippen LogP contribution in [0.2, 0.25) is 0 Å².